The Morgan fingerprint density at radius 1 is 1.03 bits per heavy atom. The summed E-state index contributed by atoms with van der Waals surface area (Å²) in [6.07, 6.45) is 1.34. The van der Waals surface area contributed by atoms with Crippen molar-refractivity contribution in [2.24, 2.45) is 10.3 Å². The van der Waals surface area contributed by atoms with E-state index in [4.69, 9.17) is 30.7 Å². The van der Waals surface area contributed by atoms with Crippen LogP contribution in [-0.4, -0.2) is 38.2 Å². The highest BCUT2D eigenvalue weighted by Gasteiger charge is 2.17. The van der Waals surface area contributed by atoms with Crippen molar-refractivity contribution in [1.29, 1.82) is 0 Å². The van der Waals surface area contributed by atoms with Gasteiger partial charge >= 0.3 is 5.97 Å². The van der Waals surface area contributed by atoms with Gasteiger partial charge in [0.15, 0.2) is 0 Å². The average molecular weight is 445 g/mol. The number of carbonyl (C=O) groups is 1. The predicted molar refractivity (Wildman–Crippen MR) is 121 cm³/mol. The van der Waals surface area contributed by atoms with Crippen LogP contribution in [0.3, 0.4) is 0 Å². The molecule has 2 aromatic rings. The molecule has 0 aliphatic carbocycles. The number of rotatable bonds is 10. The monoisotopic (exact) mass is 444 g/mol. The Balaban J connectivity index is 2.25. The Morgan fingerprint density at radius 3 is 2.39 bits per heavy atom. The van der Waals surface area contributed by atoms with Crippen molar-refractivity contribution in [3.63, 3.8) is 0 Å². The van der Waals surface area contributed by atoms with Crippen molar-refractivity contribution < 1.29 is 23.9 Å². The van der Waals surface area contributed by atoms with Gasteiger partial charge < -0.3 is 19.1 Å². The van der Waals surface area contributed by atoms with Crippen LogP contribution in [0.15, 0.2) is 65.1 Å². The first-order chi connectivity index (χ1) is 15.0. The number of esters is 1. The SMILES string of the molecule is CCO/N=C(/C(C)=N/OCc1ccccc1/C(=C\OC)C(=O)OC)c1ccc(Cl)cc1. The Morgan fingerprint density at radius 2 is 1.74 bits per heavy atom. The lowest BCUT2D eigenvalue weighted by molar-refractivity contribution is -0.133. The van der Waals surface area contributed by atoms with Gasteiger partial charge in [-0.2, -0.15) is 0 Å². The molecule has 31 heavy (non-hydrogen) atoms. The molecule has 0 amide bonds. The van der Waals surface area contributed by atoms with Crippen LogP contribution in [-0.2, 0) is 30.6 Å². The van der Waals surface area contributed by atoms with Crippen molar-refractivity contribution in [1.82, 2.24) is 0 Å². The van der Waals surface area contributed by atoms with Crippen molar-refractivity contribution in [3.05, 3.63) is 76.5 Å². The van der Waals surface area contributed by atoms with Gasteiger partial charge in [0.25, 0.3) is 0 Å². The van der Waals surface area contributed by atoms with Crippen molar-refractivity contribution in [2.75, 3.05) is 20.8 Å². The number of hydrogen-bond acceptors (Lipinski definition) is 7. The summed E-state index contributed by atoms with van der Waals surface area (Å²) >= 11 is 5.97. The number of methoxy groups -OCH3 is 2. The molecule has 8 heteroatoms. The first kappa shape index (κ1) is 24.0. The van der Waals surface area contributed by atoms with E-state index in [9.17, 15) is 4.79 Å². The van der Waals surface area contributed by atoms with Gasteiger partial charge in [-0.25, -0.2) is 4.79 Å². The zero-order valence-electron chi connectivity index (χ0n) is 17.9. The molecule has 0 aliphatic rings. The Bertz CT molecular complexity index is 968. The fourth-order valence-electron chi connectivity index (χ4n) is 2.66. The topological polar surface area (TPSA) is 78.7 Å². The molecule has 0 atom stereocenters. The van der Waals surface area contributed by atoms with Crippen LogP contribution < -0.4 is 0 Å². The van der Waals surface area contributed by atoms with Gasteiger partial charge in [-0.3, -0.25) is 0 Å². The van der Waals surface area contributed by atoms with E-state index in [0.717, 1.165) is 11.1 Å². The third kappa shape index (κ3) is 6.86. The van der Waals surface area contributed by atoms with E-state index < -0.39 is 5.97 Å². The minimum Gasteiger partial charge on any atom is -0.503 e. The van der Waals surface area contributed by atoms with Crippen LogP contribution in [0.4, 0.5) is 0 Å². The zero-order chi connectivity index (χ0) is 22.6. The molecule has 164 valence electrons. The fourth-order valence-corrected chi connectivity index (χ4v) is 2.79. The molecule has 0 fully saturated rings. The molecular weight excluding hydrogens is 420 g/mol. The maximum atomic E-state index is 12.1. The molecule has 0 radical (unpaired) electrons. The number of halogens is 1. The third-order valence-electron chi connectivity index (χ3n) is 4.12. The zero-order valence-corrected chi connectivity index (χ0v) is 18.7. The summed E-state index contributed by atoms with van der Waals surface area (Å²) in [4.78, 5) is 22.9. The van der Waals surface area contributed by atoms with Crippen molar-refractivity contribution in [2.45, 2.75) is 20.5 Å². The van der Waals surface area contributed by atoms with Crippen molar-refractivity contribution >= 4 is 34.6 Å². The van der Waals surface area contributed by atoms with E-state index in [1.165, 1.54) is 20.5 Å². The molecule has 0 heterocycles. The first-order valence-electron chi connectivity index (χ1n) is 9.54. The summed E-state index contributed by atoms with van der Waals surface area (Å²) < 4.78 is 9.88. The summed E-state index contributed by atoms with van der Waals surface area (Å²) in [6, 6.07) is 14.5. The lowest BCUT2D eigenvalue weighted by Crippen LogP contribution is -2.14. The number of hydrogen-bond donors (Lipinski definition) is 0. The fraction of sp³-hybridized carbons (Fsp3) is 0.261. The van der Waals surface area contributed by atoms with Gasteiger partial charge in [-0.15, -0.1) is 0 Å². The molecule has 7 nitrogen and oxygen atoms in total. The minimum atomic E-state index is -0.511. The molecule has 0 spiro atoms. The molecule has 0 N–H and O–H groups in total. The number of nitrogens with zero attached hydrogens (tertiary/aromatic N) is 2. The highest BCUT2D eigenvalue weighted by atomic mass is 35.5. The van der Waals surface area contributed by atoms with E-state index >= 15 is 0 Å². The molecule has 0 bridgehead atoms. The maximum Gasteiger partial charge on any atom is 0.341 e. The standard InChI is InChI=1S/C23H25ClN2O5/c1-5-30-26-22(17-10-12-19(24)13-11-17)16(2)25-31-14-18-8-6-7-9-20(18)21(15-28-3)23(27)29-4/h6-13,15H,5,14H2,1-4H3/b21-15+,25-16+,26-22-. The lowest BCUT2D eigenvalue weighted by atomic mass is 10.0. The first-order valence-corrected chi connectivity index (χ1v) is 9.92. The van der Waals surface area contributed by atoms with Crippen LogP contribution in [0.2, 0.25) is 5.02 Å². The summed E-state index contributed by atoms with van der Waals surface area (Å²) in [5, 5.41) is 8.96. The quantitative estimate of drug-likeness (QED) is 0.172. The van der Waals surface area contributed by atoms with Crippen LogP contribution in [0.1, 0.15) is 30.5 Å². The minimum absolute atomic E-state index is 0.119. The molecule has 2 aromatic carbocycles. The lowest BCUT2D eigenvalue weighted by Gasteiger charge is -2.11. The van der Waals surface area contributed by atoms with E-state index in [-0.39, 0.29) is 12.2 Å². The average Bonchev–Trinajstić information content (AvgIpc) is 2.79. The normalized spacial score (nSPS) is 12.4. The van der Waals surface area contributed by atoms with Gasteiger partial charge in [-0.1, -0.05) is 58.3 Å². The summed E-state index contributed by atoms with van der Waals surface area (Å²) in [5.74, 6) is -0.511. The van der Waals surface area contributed by atoms with Crippen LogP contribution >= 0.6 is 11.6 Å². The molecular formula is C23H25ClN2O5. The number of benzene rings is 2. The summed E-state index contributed by atoms with van der Waals surface area (Å²) in [5.41, 5.74) is 3.49. The summed E-state index contributed by atoms with van der Waals surface area (Å²) in [7, 11) is 2.78. The second kappa shape index (κ2) is 12.4. The smallest absolute Gasteiger partial charge is 0.341 e. The van der Waals surface area contributed by atoms with E-state index in [0.29, 0.717) is 28.6 Å². The Kier molecular flexibility index (Phi) is 9.58. The number of ether oxygens (including phenoxy) is 2. The third-order valence-corrected chi connectivity index (χ3v) is 4.37. The molecule has 0 unspecified atom stereocenters. The van der Waals surface area contributed by atoms with Gasteiger partial charge in [-0.05, 0) is 31.5 Å². The Labute approximate surface area is 186 Å². The van der Waals surface area contributed by atoms with Gasteiger partial charge in [0.1, 0.15) is 30.2 Å². The van der Waals surface area contributed by atoms with Gasteiger partial charge in [0, 0.05) is 16.1 Å². The second-order valence-corrected chi connectivity index (χ2v) is 6.67. The van der Waals surface area contributed by atoms with Gasteiger partial charge in [0.05, 0.1) is 20.5 Å². The molecule has 0 aromatic heterocycles. The van der Waals surface area contributed by atoms with Crippen LogP contribution in [0.5, 0.6) is 0 Å². The molecule has 2 rings (SSSR count). The number of oxime groups is 2. The van der Waals surface area contributed by atoms with Crippen LogP contribution in [0.25, 0.3) is 5.57 Å². The largest absolute Gasteiger partial charge is 0.503 e. The highest BCUT2D eigenvalue weighted by Crippen LogP contribution is 2.22. The predicted octanol–water partition coefficient (Wildman–Crippen LogP) is 4.83. The summed E-state index contributed by atoms with van der Waals surface area (Å²) in [6.45, 7) is 4.15. The Hall–Kier alpha value is -3.32. The molecule has 0 aliphatic heterocycles. The van der Waals surface area contributed by atoms with E-state index in [1.54, 1.807) is 25.1 Å². The maximum absolute atomic E-state index is 12.1. The van der Waals surface area contributed by atoms with Gasteiger partial charge in [0.2, 0.25) is 0 Å². The van der Waals surface area contributed by atoms with E-state index in [2.05, 4.69) is 10.3 Å². The second-order valence-electron chi connectivity index (χ2n) is 6.23. The number of carbonyl (C=O) groups excluding carboxylic acids is 1. The molecule has 0 saturated heterocycles. The van der Waals surface area contributed by atoms with E-state index in [1.807, 2.05) is 37.3 Å². The molecule has 0 saturated carbocycles. The highest BCUT2D eigenvalue weighted by molar-refractivity contribution is 6.47. The van der Waals surface area contributed by atoms with Crippen molar-refractivity contribution in [3.8, 4) is 0 Å². The van der Waals surface area contributed by atoms with Crippen LogP contribution in [0, 0.1) is 0 Å².